The number of hydrazone groups is 1. The fourth-order valence-electron chi connectivity index (χ4n) is 2.94. The zero-order valence-electron chi connectivity index (χ0n) is 19.8. The van der Waals surface area contributed by atoms with Gasteiger partial charge in [-0.1, -0.05) is 17.7 Å². The number of aryl methyl sites for hydroxylation is 1. The van der Waals surface area contributed by atoms with Crippen LogP contribution in [0.15, 0.2) is 65.8 Å². The van der Waals surface area contributed by atoms with E-state index in [2.05, 4.69) is 15.8 Å². The van der Waals surface area contributed by atoms with Crippen molar-refractivity contribution in [3.8, 4) is 17.2 Å². The minimum Gasteiger partial charge on any atom is -0.494 e. The van der Waals surface area contributed by atoms with E-state index in [1.54, 1.807) is 54.6 Å². The molecule has 0 spiro atoms. The highest BCUT2D eigenvalue weighted by atomic mass is 35.5. The number of anilines is 1. The molecule has 0 saturated heterocycles. The predicted molar refractivity (Wildman–Crippen MR) is 136 cm³/mol. The molecule has 0 heterocycles. The summed E-state index contributed by atoms with van der Waals surface area (Å²) in [6.07, 6.45) is 1.31. The van der Waals surface area contributed by atoms with Crippen molar-refractivity contribution < 1.29 is 28.6 Å². The summed E-state index contributed by atoms with van der Waals surface area (Å²) in [5, 5.41) is 6.69. The van der Waals surface area contributed by atoms with Crippen molar-refractivity contribution in [1.82, 2.24) is 5.43 Å². The van der Waals surface area contributed by atoms with Gasteiger partial charge in [0, 0.05) is 10.7 Å². The van der Waals surface area contributed by atoms with Gasteiger partial charge >= 0.3 is 17.8 Å². The van der Waals surface area contributed by atoms with E-state index in [9.17, 15) is 14.4 Å². The lowest BCUT2D eigenvalue weighted by Gasteiger charge is -2.10. The highest BCUT2D eigenvalue weighted by Crippen LogP contribution is 2.28. The highest BCUT2D eigenvalue weighted by Gasteiger charge is 2.15. The molecule has 3 aromatic carbocycles. The maximum atomic E-state index is 12.5. The van der Waals surface area contributed by atoms with Crippen LogP contribution in [0.3, 0.4) is 0 Å². The van der Waals surface area contributed by atoms with Gasteiger partial charge in [-0.15, -0.1) is 0 Å². The topological polar surface area (TPSA) is 115 Å². The Morgan fingerprint density at radius 1 is 0.972 bits per heavy atom. The Bertz CT molecular complexity index is 1290. The van der Waals surface area contributed by atoms with E-state index in [4.69, 9.17) is 25.8 Å². The van der Waals surface area contributed by atoms with Gasteiger partial charge in [0.1, 0.15) is 5.75 Å². The smallest absolute Gasteiger partial charge is 0.343 e. The van der Waals surface area contributed by atoms with E-state index in [1.807, 2.05) is 13.8 Å². The number of nitrogens with zero attached hydrogens (tertiary/aromatic N) is 1. The molecule has 0 radical (unpaired) electrons. The van der Waals surface area contributed by atoms with Gasteiger partial charge in [0.05, 0.1) is 25.5 Å². The molecule has 10 heteroatoms. The van der Waals surface area contributed by atoms with E-state index in [0.29, 0.717) is 34.2 Å². The van der Waals surface area contributed by atoms with Crippen LogP contribution in [0.4, 0.5) is 5.69 Å². The second-order valence-corrected chi connectivity index (χ2v) is 7.78. The second-order valence-electron chi connectivity index (χ2n) is 7.37. The standard InChI is InChI=1S/C26H24ClN3O6/c1-4-35-20-10-7-18(8-11-20)26(33)36-22-12-6-17(13-23(22)34-3)15-28-30-25(32)24(31)29-19-9-5-16(2)21(27)14-19/h5-15H,4H2,1-3H3,(H,29,31)(H,30,32)/b28-15-. The van der Waals surface area contributed by atoms with E-state index in [1.165, 1.54) is 19.4 Å². The molecule has 36 heavy (non-hydrogen) atoms. The summed E-state index contributed by atoms with van der Waals surface area (Å²) in [4.78, 5) is 36.5. The number of benzene rings is 3. The third-order valence-electron chi connectivity index (χ3n) is 4.81. The first-order valence-corrected chi connectivity index (χ1v) is 11.2. The van der Waals surface area contributed by atoms with Crippen LogP contribution in [0.25, 0.3) is 0 Å². The zero-order valence-corrected chi connectivity index (χ0v) is 20.6. The van der Waals surface area contributed by atoms with E-state index >= 15 is 0 Å². The molecule has 0 bridgehead atoms. The third-order valence-corrected chi connectivity index (χ3v) is 5.21. The summed E-state index contributed by atoms with van der Waals surface area (Å²) in [6, 6.07) is 16.2. The van der Waals surface area contributed by atoms with Gasteiger partial charge in [-0.3, -0.25) is 9.59 Å². The van der Waals surface area contributed by atoms with Crippen molar-refractivity contribution in [2.45, 2.75) is 13.8 Å². The number of methoxy groups -OCH3 is 1. The molecule has 9 nitrogen and oxygen atoms in total. The summed E-state index contributed by atoms with van der Waals surface area (Å²) < 4.78 is 16.1. The fourth-order valence-corrected chi connectivity index (χ4v) is 3.12. The molecule has 0 unspecified atom stereocenters. The summed E-state index contributed by atoms with van der Waals surface area (Å²) >= 11 is 6.02. The SMILES string of the molecule is CCOc1ccc(C(=O)Oc2ccc(/C=N\NC(=O)C(=O)Nc3ccc(C)c(Cl)c3)cc2OC)cc1. The largest absolute Gasteiger partial charge is 0.494 e. The highest BCUT2D eigenvalue weighted by molar-refractivity contribution is 6.39. The van der Waals surface area contributed by atoms with Crippen LogP contribution in [0.5, 0.6) is 17.2 Å². The van der Waals surface area contributed by atoms with Crippen molar-refractivity contribution in [3.05, 3.63) is 82.4 Å². The molecule has 3 aromatic rings. The van der Waals surface area contributed by atoms with Crippen LogP contribution in [0, 0.1) is 6.92 Å². The minimum atomic E-state index is -0.962. The van der Waals surface area contributed by atoms with Gasteiger partial charge in [-0.25, -0.2) is 10.2 Å². The van der Waals surface area contributed by atoms with Gasteiger partial charge in [-0.05, 0) is 79.6 Å². The average Bonchev–Trinajstić information content (AvgIpc) is 2.87. The van der Waals surface area contributed by atoms with Crippen LogP contribution in [0.1, 0.15) is 28.4 Å². The number of carbonyl (C=O) groups is 3. The molecule has 186 valence electrons. The van der Waals surface area contributed by atoms with Crippen LogP contribution in [-0.2, 0) is 9.59 Å². The van der Waals surface area contributed by atoms with Crippen LogP contribution < -0.4 is 25.0 Å². The minimum absolute atomic E-state index is 0.203. The Morgan fingerprint density at radius 3 is 2.39 bits per heavy atom. The number of hydrogen-bond acceptors (Lipinski definition) is 7. The predicted octanol–water partition coefficient (Wildman–Crippen LogP) is 4.36. The molecular formula is C26H24ClN3O6. The quantitative estimate of drug-likeness (QED) is 0.153. The zero-order chi connectivity index (χ0) is 26.1. The first-order valence-electron chi connectivity index (χ1n) is 10.8. The Morgan fingerprint density at radius 2 is 1.72 bits per heavy atom. The fraction of sp³-hybridized carbons (Fsp3) is 0.154. The first-order chi connectivity index (χ1) is 17.3. The summed E-state index contributed by atoms with van der Waals surface area (Å²) in [5.74, 6) is -1.30. The number of carbonyl (C=O) groups excluding carboxylic acids is 3. The Kier molecular flexibility index (Phi) is 9.01. The summed E-state index contributed by atoms with van der Waals surface area (Å²) in [6.45, 7) is 4.22. The Hall–Kier alpha value is -4.37. The van der Waals surface area contributed by atoms with Gasteiger partial charge in [0.25, 0.3) is 0 Å². The molecule has 0 saturated carbocycles. The van der Waals surface area contributed by atoms with Gasteiger partial charge in [-0.2, -0.15) is 5.10 Å². The number of rotatable bonds is 8. The van der Waals surface area contributed by atoms with Gasteiger partial charge in [0.15, 0.2) is 11.5 Å². The van der Waals surface area contributed by atoms with E-state index < -0.39 is 17.8 Å². The maximum absolute atomic E-state index is 12.5. The lowest BCUT2D eigenvalue weighted by atomic mass is 10.2. The van der Waals surface area contributed by atoms with Crippen molar-refractivity contribution >= 4 is 41.3 Å². The lowest BCUT2D eigenvalue weighted by Crippen LogP contribution is -2.32. The van der Waals surface area contributed by atoms with E-state index in [0.717, 1.165) is 5.56 Å². The normalized spacial score (nSPS) is 10.6. The molecule has 2 amide bonds. The number of hydrogen-bond donors (Lipinski definition) is 2. The van der Waals surface area contributed by atoms with Crippen LogP contribution in [-0.4, -0.2) is 37.7 Å². The molecule has 0 aliphatic carbocycles. The van der Waals surface area contributed by atoms with Crippen molar-refractivity contribution in [3.63, 3.8) is 0 Å². The maximum Gasteiger partial charge on any atom is 0.343 e. The van der Waals surface area contributed by atoms with Gasteiger partial charge < -0.3 is 19.5 Å². The van der Waals surface area contributed by atoms with Crippen molar-refractivity contribution in [2.75, 3.05) is 19.0 Å². The van der Waals surface area contributed by atoms with E-state index in [-0.39, 0.29) is 11.5 Å². The molecular weight excluding hydrogens is 486 g/mol. The molecule has 3 rings (SSSR count). The van der Waals surface area contributed by atoms with Crippen molar-refractivity contribution in [1.29, 1.82) is 0 Å². The van der Waals surface area contributed by atoms with Crippen molar-refractivity contribution in [2.24, 2.45) is 5.10 Å². The molecule has 0 aliphatic heterocycles. The first kappa shape index (κ1) is 26.2. The molecule has 0 atom stereocenters. The molecule has 2 N–H and O–H groups in total. The average molecular weight is 510 g/mol. The third kappa shape index (κ3) is 7.07. The molecule has 0 fully saturated rings. The van der Waals surface area contributed by atoms with Crippen LogP contribution >= 0.6 is 11.6 Å². The number of ether oxygens (including phenoxy) is 3. The van der Waals surface area contributed by atoms with Gasteiger partial charge in [0.2, 0.25) is 0 Å². The summed E-state index contributed by atoms with van der Waals surface area (Å²) in [7, 11) is 1.42. The number of esters is 1. The molecule has 0 aliphatic rings. The Balaban J connectivity index is 1.59. The number of nitrogens with one attached hydrogen (secondary N) is 2. The second kappa shape index (κ2) is 12.4. The number of halogens is 1. The van der Waals surface area contributed by atoms with Crippen LogP contribution in [0.2, 0.25) is 5.02 Å². The number of amides is 2. The lowest BCUT2D eigenvalue weighted by molar-refractivity contribution is -0.136. The molecule has 0 aromatic heterocycles. The Labute approximate surface area is 213 Å². The summed E-state index contributed by atoms with van der Waals surface area (Å²) in [5.41, 5.74) is 4.25. The monoisotopic (exact) mass is 509 g/mol.